The molecule has 1 atom stereocenters. The summed E-state index contributed by atoms with van der Waals surface area (Å²) < 4.78 is 5.41. The van der Waals surface area contributed by atoms with Crippen LogP contribution in [0.15, 0.2) is 18.2 Å². The van der Waals surface area contributed by atoms with Gasteiger partial charge in [0.05, 0.1) is 0 Å². The third-order valence-electron chi connectivity index (χ3n) is 2.26. The van der Waals surface area contributed by atoms with Gasteiger partial charge in [-0.05, 0) is 38.0 Å². The molecule has 14 heavy (non-hydrogen) atoms. The first-order valence-corrected chi connectivity index (χ1v) is 4.54. The highest BCUT2D eigenvalue weighted by molar-refractivity contribution is 5.78. The van der Waals surface area contributed by atoms with Crippen LogP contribution in [0.4, 0.5) is 0 Å². The number of carbonyl (C=O) groups is 1. The van der Waals surface area contributed by atoms with E-state index in [1.54, 1.807) is 6.92 Å². The number of nitrogens with two attached hydrogens (primary N) is 1. The van der Waals surface area contributed by atoms with E-state index in [4.69, 9.17) is 10.5 Å². The SMILES string of the molecule is Cc1cccc(O[C@H](C)C(N)=O)c1C. The lowest BCUT2D eigenvalue weighted by Gasteiger charge is -2.14. The molecule has 0 aliphatic rings. The molecule has 1 aromatic carbocycles. The van der Waals surface area contributed by atoms with E-state index in [1.165, 1.54) is 0 Å². The molecule has 0 heterocycles. The van der Waals surface area contributed by atoms with Crippen molar-refractivity contribution >= 4 is 5.91 Å². The Kier molecular flexibility index (Phi) is 3.12. The fraction of sp³-hybridized carbons (Fsp3) is 0.364. The Morgan fingerprint density at radius 1 is 1.43 bits per heavy atom. The second-order valence-corrected chi connectivity index (χ2v) is 3.36. The lowest BCUT2D eigenvalue weighted by Crippen LogP contribution is -2.30. The molecule has 1 rings (SSSR count). The van der Waals surface area contributed by atoms with Crippen LogP contribution in [-0.4, -0.2) is 12.0 Å². The highest BCUT2D eigenvalue weighted by atomic mass is 16.5. The molecule has 0 aliphatic carbocycles. The molecule has 0 saturated heterocycles. The molecule has 3 nitrogen and oxygen atoms in total. The molecule has 0 saturated carbocycles. The van der Waals surface area contributed by atoms with E-state index in [2.05, 4.69) is 0 Å². The monoisotopic (exact) mass is 193 g/mol. The van der Waals surface area contributed by atoms with Crippen LogP contribution in [0.1, 0.15) is 18.1 Å². The second-order valence-electron chi connectivity index (χ2n) is 3.36. The molecular formula is C11H15NO2. The average Bonchev–Trinajstić information content (AvgIpc) is 2.12. The molecule has 0 aliphatic heterocycles. The van der Waals surface area contributed by atoms with Gasteiger partial charge >= 0.3 is 0 Å². The average molecular weight is 193 g/mol. The first-order chi connectivity index (χ1) is 6.52. The fourth-order valence-electron chi connectivity index (χ4n) is 1.10. The van der Waals surface area contributed by atoms with Gasteiger partial charge in [-0.3, -0.25) is 4.79 Å². The first-order valence-electron chi connectivity index (χ1n) is 4.54. The molecule has 0 aromatic heterocycles. The number of rotatable bonds is 3. The zero-order valence-corrected chi connectivity index (χ0v) is 8.70. The van der Waals surface area contributed by atoms with E-state index in [9.17, 15) is 4.79 Å². The van der Waals surface area contributed by atoms with Crippen LogP contribution in [0.5, 0.6) is 5.75 Å². The summed E-state index contributed by atoms with van der Waals surface area (Å²) in [5, 5.41) is 0. The maximum Gasteiger partial charge on any atom is 0.258 e. The number of aryl methyl sites for hydroxylation is 1. The number of primary amides is 1. The van der Waals surface area contributed by atoms with Crippen LogP contribution in [0, 0.1) is 13.8 Å². The van der Waals surface area contributed by atoms with Gasteiger partial charge in [0.2, 0.25) is 0 Å². The van der Waals surface area contributed by atoms with Gasteiger partial charge in [-0.1, -0.05) is 12.1 Å². The van der Waals surface area contributed by atoms with Crippen molar-refractivity contribution in [3.8, 4) is 5.75 Å². The molecule has 2 N–H and O–H groups in total. The second kappa shape index (κ2) is 4.13. The summed E-state index contributed by atoms with van der Waals surface area (Å²) in [6.45, 7) is 5.60. The number of amides is 1. The maximum absolute atomic E-state index is 10.8. The Labute approximate surface area is 83.9 Å². The van der Waals surface area contributed by atoms with Gasteiger partial charge in [-0.15, -0.1) is 0 Å². The quantitative estimate of drug-likeness (QED) is 0.792. The van der Waals surface area contributed by atoms with E-state index >= 15 is 0 Å². The van der Waals surface area contributed by atoms with Crippen LogP contribution in [0.2, 0.25) is 0 Å². The third kappa shape index (κ3) is 2.25. The molecule has 76 valence electrons. The van der Waals surface area contributed by atoms with Gasteiger partial charge in [-0.2, -0.15) is 0 Å². The van der Waals surface area contributed by atoms with Crippen molar-refractivity contribution in [1.29, 1.82) is 0 Å². The van der Waals surface area contributed by atoms with Gasteiger partial charge in [0, 0.05) is 0 Å². The molecule has 1 aromatic rings. The predicted octanol–water partition coefficient (Wildman–Crippen LogP) is 1.56. The standard InChI is InChI=1S/C11H15NO2/c1-7-5-4-6-10(8(7)2)14-9(3)11(12)13/h4-6,9H,1-3H3,(H2,12,13)/t9-/m1/s1. The summed E-state index contributed by atoms with van der Waals surface area (Å²) >= 11 is 0. The number of hydrogen-bond acceptors (Lipinski definition) is 2. The summed E-state index contributed by atoms with van der Waals surface area (Å²) in [4.78, 5) is 10.8. The molecule has 0 bridgehead atoms. The van der Waals surface area contributed by atoms with E-state index in [1.807, 2.05) is 32.0 Å². The van der Waals surface area contributed by atoms with E-state index in [-0.39, 0.29) is 0 Å². The van der Waals surface area contributed by atoms with E-state index < -0.39 is 12.0 Å². The van der Waals surface area contributed by atoms with Gasteiger partial charge in [-0.25, -0.2) is 0 Å². The van der Waals surface area contributed by atoms with E-state index in [0.717, 1.165) is 16.9 Å². The van der Waals surface area contributed by atoms with Gasteiger partial charge in [0.15, 0.2) is 6.10 Å². The minimum absolute atomic E-state index is 0.453. The number of benzene rings is 1. The summed E-state index contributed by atoms with van der Waals surface area (Å²) in [7, 11) is 0. The zero-order chi connectivity index (χ0) is 10.7. The van der Waals surface area contributed by atoms with Crippen LogP contribution in [-0.2, 0) is 4.79 Å². The largest absolute Gasteiger partial charge is 0.481 e. The Bertz CT molecular complexity index is 347. The zero-order valence-electron chi connectivity index (χ0n) is 8.70. The molecule has 0 spiro atoms. The smallest absolute Gasteiger partial charge is 0.258 e. The Hall–Kier alpha value is -1.51. The summed E-state index contributed by atoms with van der Waals surface area (Å²) in [6, 6.07) is 5.73. The normalized spacial score (nSPS) is 12.2. The van der Waals surface area contributed by atoms with Gasteiger partial charge in [0.25, 0.3) is 5.91 Å². The number of ether oxygens (including phenoxy) is 1. The minimum atomic E-state index is -0.588. The summed E-state index contributed by atoms with van der Waals surface area (Å²) in [5.41, 5.74) is 7.29. The Morgan fingerprint density at radius 3 is 2.64 bits per heavy atom. The Balaban J connectivity index is 2.87. The maximum atomic E-state index is 10.8. The molecule has 1 amide bonds. The molecular weight excluding hydrogens is 178 g/mol. The number of hydrogen-bond donors (Lipinski definition) is 1. The van der Waals surface area contributed by atoms with Gasteiger partial charge < -0.3 is 10.5 Å². The van der Waals surface area contributed by atoms with Crippen molar-refractivity contribution in [2.45, 2.75) is 26.9 Å². The first kappa shape index (κ1) is 10.6. The number of carbonyl (C=O) groups excluding carboxylic acids is 1. The summed E-state index contributed by atoms with van der Waals surface area (Å²) in [6.07, 6.45) is -0.588. The van der Waals surface area contributed by atoms with Crippen LogP contribution >= 0.6 is 0 Å². The van der Waals surface area contributed by atoms with Crippen molar-refractivity contribution in [2.24, 2.45) is 5.73 Å². The van der Waals surface area contributed by atoms with Crippen LogP contribution < -0.4 is 10.5 Å². The molecule has 0 unspecified atom stereocenters. The van der Waals surface area contributed by atoms with Gasteiger partial charge in [0.1, 0.15) is 5.75 Å². The highest BCUT2D eigenvalue weighted by Gasteiger charge is 2.11. The topological polar surface area (TPSA) is 52.3 Å². The fourth-order valence-corrected chi connectivity index (χ4v) is 1.10. The molecule has 3 heteroatoms. The minimum Gasteiger partial charge on any atom is -0.481 e. The summed E-state index contributed by atoms with van der Waals surface area (Å²) in [5.74, 6) is 0.266. The van der Waals surface area contributed by atoms with Crippen molar-refractivity contribution in [3.05, 3.63) is 29.3 Å². The Morgan fingerprint density at radius 2 is 2.07 bits per heavy atom. The van der Waals surface area contributed by atoms with Crippen molar-refractivity contribution < 1.29 is 9.53 Å². The molecule has 0 radical (unpaired) electrons. The van der Waals surface area contributed by atoms with Crippen molar-refractivity contribution in [2.75, 3.05) is 0 Å². The molecule has 0 fully saturated rings. The highest BCUT2D eigenvalue weighted by Crippen LogP contribution is 2.21. The van der Waals surface area contributed by atoms with Crippen LogP contribution in [0.25, 0.3) is 0 Å². The van der Waals surface area contributed by atoms with E-state index in [0.29, 0.717) is 0 Å². The van der Waals surface area contributed by atoms with Crippen molar-refractivity contribution in [1.82, 2.24) is 0 Å². The lowest BCUT2D eigenvalue weighted by molar-refractivity contribution is -0.123. The third-order valence-corrected chi connectivity index (χ3v) is 2.26. The van der Waals surface area contributed by atoms with Crippen molar-refractivity contribution in [3.63, 3.8) is 0 Å². The predicted molar refractivity (Wildman–Crippen MR) is 55.2 cm³/mol. The van der Waals surface area contributed by atoms with Crippen LogP contribution in [0.3, 0.4) is 0 Å². The lowest BCUT2D eigenvalue weighted by atomic mass is 10.1.